The van der Waals surface area contributed by atoms with Crippen LogP contribution in [-0.2, 0) is 25.5 Å². The van der Waals surface area contributed by atoms with Gasteiger partial charge in [0.1, 0.15) is 5.60 Å². The fraction of sp³-hybridized carbons (Fsp3) is 0.800. The minimum absolute atomic E-state index is 0.0286. The van der Waals surface area contributed by atoms with Crippen LogP contribution < -0.4 is 0 Å². The van der Waals surface area contributed by atoms with E-state index in [1.165, 1.54) is 5.57 Å². The third kappa shape index (κ3) is 5.83. The molecule has 4 heterocycles. The van der Waals surface area contributed by atoms with Gasteiger partial charge in [0.05, 0.1) is 61.7 Å². The zero-order chi connectivity index (χ0) is 28.7. The summed E-state index contributed by atoms with van der Waals surface area (Å²) in [5.74, 6) is -0.0269. The molecule has 0 aromatic carbocycles. The van der Waals surface area contributed by atoms with E-state index < -0.39 is 17.7 Å². The molecule has 4 aliphatic rings. The number of amides is 1. The van der Waals surface area contributed by atoms with Crippen LogP contribution in [0.1, 0.15) is 65.6 Å². The summed E-state index contributed by atoms with van der Waals surface area (Å²) in [5.41, 5.74) is 1.33. The molecule has 1 saturated carbocycles. The maximum absolute atomic E-state index is 13.1. The number of carboxylic acid groups (broad SMARTS) is 1. The number of ether oxygens (including phenoxy) is 4. The van der Waals surface area contributed by atoms with E-state index in [4.69, 9.17) is 23.9 Å². The largest absolute Gasteiger partial charge is 0.465 e. The first kappa shape index (κ1) is 29.5. The number of epoxide rings is 2. The van der Waals surface area contributed by atoms with Crippen molar-refractivity contribution in [3.8, 4) is 0 Å². The maximum atomic E-state index is 13.1. The normalized spacial score (nSPS) is 34.6. The zero-order valence-electron chi connectivity index (χ0n) is 25.0. The van der Waals surface area contributed by atoms with Gasteiger partial charge in [0.2, 0.25) is 0 Å². The van der Waals surface area contributed by atoms with Crippen LogP contribution in [-0.4, -0.2) is 107 Å². The lowest BCUT2D eigenvalue weighted by Crippen LogP contribution is -2.61. The van der Waals surface area contributed by atoms with Crippen LogP contribution in [0.4, 0.5) is 4.79 Å². The molecule has 5 rings (SSSR count). The Kier molecular flexibility index (Phi) is 8.65. The molecule has 0 bridgehead atoms. The van der Waals surface area contributed by atoms with Gasteiger partial charge in [-0.3, -0.25) is 9.80 Å². The van der Waals surface area contributed by atoms with E-state index in [1.54, 1.807) is 12.0 Å². The van der Waals surface area contributed by atoms with E-state index in [-0.39, 0.29) is 35.7 Å². The highest BCUT2D eigenvalue weighted by atomic mass is 16.6. The van der Waals surface area contributed by atoms with Crippen LogP contribution in [0.2, 0.25) is 0 Å². The van der Waals surface area contributed by atoms with Crippen LogP contribution in [0.25, 0.3) is 0 Å². The van der Waals surface area contributed by atoms with Gasteiger partial charge in [-0.15, -0.1) is 0 Å². The summed E-state index contributed by atoms with van der Waals surface area (Å²) in [5, 5.41) is 10.7. The van der Waals surface area contributed by atoms with Crippen molar-refractivity contribution in [2.24, 2.45) is 11.8 Å². The summed E-state index contributed by atoms with van der Waals surface area (Å²) in [4.78, 5) is 21.8. The molecule has 1 spiro atoms. The maximum Gasteiger partial charge on any atom is 0.408 e. The Hall–Kier alpha value is -1.98. The van der Waals surface area contributed by atoms with Crippen molar-refractivity contribution in [1.29, 1.82) is 0 Å². The van der Waals surface area contributed by atoms with Gasteiger partial charge in [0.15, 0.2) is 0 Å². The van der Waals surface area contributed by atoms with Crippen molar-refractivity contribution in [1.82, 2.24) is 19.4 Å². The Morgan fingerprint density at radius 3 is 2.62 bits per heavy atom. The molecule has 3 aliphatic heterocycles. The Bertz CT molecular complexity index is 1060. The van der Waals surface area contributed by atoms with Crippen molar-refractivity contribution in [3.63, 3.8) is 0 Å². The number of nitrogens with zero attached hydrogens (tertiary/aromatic N) is 4. The van der Waals surface area contributed by atoms with E-state index in [9.17, 15) is 9.90 Å². The van der Waals surface area contributed by atoms with Crippen LogP contribution in [0.15, 0.2) is 24.2 Å². The molecule has 1 N–H and O–H groups in total. The van der Waals surface area contributed by atoms with Gasteiger partial charge in [-0.2, -0.15) is 0 Å². The van der Waals surface area contributed by atoms with Crippen molar-refractivity contribution in [2.75, 3.05) is 46.6 Å². The molecule has 4 fully saturated rings. The first-order valence-electron chi connectivity index (χ1n) is 14.9. The van der Waals surface area contributed by atoms with Gasteiger partial charge < -0.3 is 28.6 Å². The van der Waals surface area contributed by atoms with Crippen LogP contribution in [0.3, 0.4) is 0 Å². The quantitative estimate of drug-likeness (QED) is 0.320. The lowest BCUT2D eigenvalue weighted by Gasteiger charge is -2.48. The highest BCUT2D eigenvalue weighted by Crippen LogP contribution is 2.60. The second-order valence-electron chi connectivity index (χ2n) is 12.8. The Morgan fingerprint density at radius 1 is 1.30 bits per heavy atom. The van der Waals surface area contributed by atoms with E-state index >= 15 is 0 Å². The fourth-order valence-electron chi connectivity index (χ4n) is 7.27. The standard InChI is InChI=1S/C30H48N4O6/c1-20(2)7-8-24-29(5,40-24)27-26(37-6)23(9-10-30(27)18-39-30)34(28(35)36)25(21(3)4)22-17-33(19-31-22)12-11-32-13-15-38-16-14-32/h7,17,19,21,23-27H,8-16,18H2,1-6H3,(H,35,36)/t23-,24-,25?,26-,27-,29+,30+/m1/s1. The van der Waals surface area contributed by atoms with E-state index in [2.05, 4.69) is 50.2 Å². The molecule has 1 aromatic heterocycles. The van der Waals surface area contributed by atoms with Crippen LogP contribution in [0.5, 0.6) is 0 Å². The van der Waals surface area contributed by atoms with E-state index in [1.807, 2.05) is 12.5 Å². The van der Waals surface area contributed by atoms with Gasteiger partial charge in [-0.25, -0.2) is 9.78 Å². The fourth-order valence-corrected chi connectivity index (χ4v) is 7.27. The Labute approximate surface area is 238 Å². The van der Waals surface area contributed by atoms with Crippen molar-refractivity contribution in [3.05, 3.63) is 29.9 Å². The number of aromatic nitrogens is 2. The minimum Gasteiger partial charge on any atom is -0.465 e. The molecule has 10 nitrogen and oxygen atoms in total. The summed E-state index contributed by atoms with van der Waals surface area (Å²) in [6.45, 7) is 16.3. The molecule has 224 valence electrons. The van der Waals surface area contributed by atoms with Gasteiger partial charge in [-0.05, 0) is 46.0 Å². The topological polar surface area (TPSA) is 105 Å². The molecule has 40 heavy (non-hydrogen) atoms. The lowest BCUT2D eigenvalue weighted by molar-refractivity contribution is -0.102. The van der Waals surface area contributed by atoms with Gasteiger partial charge >= 0.3 is 6.09 Å². The number of imidazole rings is 1. The monoisotopic (exact) mass is 560 g/mol. The molecule has 7 atom stereocenters. The SMILES string of the molecule is CO[C@@H]1[C@H](N(C(=O)O)C(c2cn(CCN3CCOCC3)cn2)C(C)C)CC[C@]2(CO2)[C@H]1[C@@]1(C)O[C@@H]1CC=C(C)C. The number of allylic oxidation sites excluding steroid dienone is 1. The summed E-state index contributed by atoms with van der Waals surface area (Å²) in [7, 11) is 1.70. The third-order valence-electron chi connectivity index (χ3n) is 9.50. The second kappa shape index (κ2) is 11.7. The Balaban J connectivity index is 1.38. The zero-order valence-corrected chi connectivity index (χ0v) is 25.0. The first-order chi connectivity index (χ1) is 19.1. The first-order valence-corrected chi connectivity index (χ1v) is 14.9. The molecule has 1 aromatic rings. The van der Waals surface area contributed by atoms with Gasteiger partial charge in [-0.1, -0.05) is 25.5 Å². The lowest BCUT2D eigenvalue weighted by atomic mass is 9.67. The van der Waals surface area contributed by atoms with Gasteiger partial charge in [0.25, 0.3) is 0 Å². The van der Waals surface area contributed by atoms with Crippen molar-refractivity contribution < 1.29 is 28.8 Å². The smallest absolute Gasteiger partial charge is 0.408 e. The van der Waals surface area contributed by atoms with Gasteiger partial charge in [0, 0.05) is 45.4 Å². The molecule has 3 saturated heterocycles. The van der Waals surface area contributed by atoms with Crippen LogP contribution >= 0.6 is 0 Å². The molecule has 1 amide bonds. The average Bonchev–Trinajstić information content (AvgIpc) is 3.78. The minimum atomic E-state index is -0.942. The van der Waals surface area contributed by atoms with Crippen molar-refractivity contribution >= 4 is 6.09 Å². The summed E-state index contributed by atoms with van der Waals surface area (Å²) in [6.07, 6.45) is 7.17. The number of hydrogen-bond acceptors (Lipinski definition) is 7. The molecular weight excluding hydrogens is 512 g/mol. The third-order valence-corrected chi connectivity index (χ3v) is 9.50. The Morgan fingerprint density at radius 2 is 2.02 bits per heavy atom. The predicted molar refractivity (Wildman–Crippen MR) is 150 cm³/mol. The summed E-state index contributed by atoms with van der Waals surface area (Å²) in [6, 6.07) is -0.729. The van der Waals surface area contributed by atoms with Crippen molar-refractivity contribution in [2.45, 2.75) is 95.9 Å². The summed E-state index contributed by atoms with van der Waals surface area (Å²) < 4.78 is 26.2. The van der Waals surface area contributed by atoms with E-state index in [0.29, 0.717) is 13.0 Å². The molecule has 1 aliphatic carbocycles. The van der Waals surface area contributed by atoms with E-state index in [0.717, 1.165) is 57.9 Å². The second-order valence-corrected chi connectivity index (χ2v) is 12.8. The van der Waals surface area contributed by atoms with Crippen LogP contribution in [0, 0.1) is 11.8 Å². The summed E-state index contributed by atoms with van der Waals surface area (Å²) >= 11 is 0. The molecule has 10 heteroatoms. The number of methoxy groups -OCH3 is 1. The highest BCUT2D eigenvalue weighted by molar-refractivity contribution is 5.66. The number of hydrogen-bond donors (Lipinski definition) is 1. The number of rotatable bonds is 11. The predicted octanol–water partition coefficient (Wildman–Crippen LogP) is 3.97. The molecule has 0 radical (unpaired) electrons. The average molecular weight is 561 g/mol. The molecular formula is C30H48N4O6. The molecule has 1 unspecified atom stereocenters. The number of morpholine rings is 1. The number of carbonyl (C=O) groups is 1. The highest BCUT2D eigenvalue weighted by Gasteiger charge is 2.72.